The van der Waals surface area contributed by atoms with Gasteiger partial charge in [-0.3, -0.25) is 4.79 Å². The van der Waals surface area contributed by atoms with Gasteiger partial charge in [-0.2, -0.15) is 5.10 Å². The first-order valence-electron chi connectivity index (χ1n) is 7.94. The van der Waals surface area contributed by atoms with E-state index in [1.54, 1.807) is 13.0 Å². The highest BCUT2D eigenvalue weighted by molar-refractivity contribution is 7.89. The van der Waals surface area contributed by atoms with E-state index in [2.05, 4.69) is 14.9 Å². The van der Waals surface area contributed by atoms with Crippen molar-refractivity contribution in [3.8, 4) is 0 Å². The molecular weight excluding hydrogens is 347 g/mol. The van der Waals surface area contributed by atoms with E-state index in [1.165, 1.54) is 18.2 Å². The van der Waals surface area contributed by atoms with Gasteiger partial charge in [0, 0.05) is 25.2 Å². The first kappa shape index (κ1) is 17.6. The Hall–Kier alpha value is -2.26. The highest BCUT2D eigenvalue weighted by atomic mass is 32.2. The van der Waals surface area contributed by atoms with Crippen LogP contribution in [0.2, 0.25) is 0 Å². The molecule has 1 aromatic carbocycles. The van der Waals surface area contributed by atoms with Gasteiger partial charge < -0.3 is 4.90 Å². The normalized spacial score (nSPS) is 18.3. The number of aromatic amines is 1. The smallest absolute Gasteiger partial charge is 0.264 e. The minimum absolute atomic E-state index is 0.0493. The van der Waals surface area contributed by atoms with Gasteiger partial charge in [-0.15, -0.1) is 0 Å². The lowest BCUT2D eigenvalue weighted by Crippen LogP contribution is -2.48. The summed E-state index contributed by atoms with van der Waals surface area (Å²) >= 11 is 0. The van der Waals surface area contributed by atoms with Gasteiger partial charge in [-0.25, -0.2) is 22.6 Å². The van der Waals surface area contributed by atoms with Crippen LogP contribution in [0.5, 0.6) is 0 Å². The molecule has 1 aliphatic rings. The molecule has 1 aromatic heterocycles. The van der Waals surface area contributed by atoms with Crippen LogP contribution in [0, 0.1) is 12.7 Å². The standard InChI is InChI=1S/C16H19FN4O3S/c1-11-4-5-12(17)9-14(11)25(23,24)20-13-3-2-8-21(10-13)15-6-7-16(22)19-18-15/h4-7,9,13,20H,2-3,8,10H2,1H3,(H,19,22). The fraction of sp³-hybridized carbons (Fsp3) is 0.375. The second-order valence-electron chi connectivity index (χ2n) is 6.10. The summed E-state index contributed by atoms with van der Waals surface area (Å²) in [5, 5.41) is 6.35. The Morgan fingerprint density at radius 2 is 2.12 bits per heavy atom. The number of nitrogens with zero attached hydrogens (tertiary/aromatic N) is 2. The fourth-order valence-corrected chi connectivity index (χ4v) is 4.46. The lowest BCUT2D eigenvalue weighted by Gasteiger charge is -2.33. The average molecular weight is 366 g/mol. The van der Waals surface area contributed by atoms with E-state index in [4.69, 9.17) is 0 Å². The molecule has 134 valence electrons. The molecule has 1 atom stereocenters. The van der Waals surface area contributed by atoms with Crippen molar-refractivity contribution in [2.45, 2.75) is 30.7 Å². The molecule has 0 aliphatic carbocycles. The number of benzene rings is 1. The molecule has 1 aliphatic heterocycles. The summed E-state index contributed by atoms with van der Waals surface area (Å²) in [7, 11) is -3.82. The quantitative estimate of drug-likeness (QED) is 0.847. The van der Waals surface area contributed by atoms with Crippen molar-refractivity contribution in [1.29, 1.82) is 0 Å². The maximum atomic E-state index is 13.4. The van der Waals surface area contributed by atoms with Crippen molar-refractivity contribution in [3.63, 3.8) is 0 Å². The molecule has 1 fully saturated rings. The van der Waals surface area contributed by atoms with Gasteiger partial charge in [0.05, 0.1) is 4.90 Å². The maximum Gasteiger partial charge on any atom is 0.264 e. The number of aryl methyl sites for hydroxylation is 1. The van der Waals surface area contributed by atoms with Crippen LogP contribution in [0.3, 0.4) is 0 Å². The number of hydrogen-bond acceptors (Lipinski definition) is 5. The molecule has 0 bridgehead atoms. The number of hydrogen-bond donors (Lipinski definition) is 2. The summed E-state index contributed by atoms with van der Waals surface area (Å²) in [5.41, 5.74) is 0.198. The van der Waals surface area contributed by atoms with Crippen LogP contribution in [-0.4, -0.2) is 37.7 Å². The minimum Gasteiger partial charge on any atom is -0.354 e. The Morgan fingerprint density at radius 1 is 1.32 bits per heavy atom. The zero-order valence-corrected chi connectivity index (χ0v) is 14.5. The molecule has 3 rings (SSSR count). The SMILES string of the molecule is Cc1ccc(F)cc1S(=O)(=O)NC1CCCN(c2ccc(=O)[nH]n2)C1. The monoisotopic (exact) mass is 366 g/mol. The van der Waals surface area contributed by atoms with Crippen molar-refractivity contribution in [2.75, 3.05) is 18.0 Å². The minimum atomic E-state index is -3.82. The first-order chi connectivity index (χ1) is 11.8. The molecule has 0 radical (unpaired) electrons. The molecule has 2 heterocycles. The second kappa shape index (κ2) is 6.93. The van der Waals surface area contributed by atoms with Gasteiger partial charge >= 0.3 is 0 Å². The number of rotatable bonds is 4. The van der Waals surface area contributed by atoms with Crippen molar-refractivity contribution in [1.82, 2.24) is 14.9 Å². The molecule has 7 nitrogen and oxygen atoms in total. The van der Waals surface area contributed by atoms with Gasteiger partial charge in [0.25, 0.3) is 5.56 Å². The number of anilines is 1. The predicted octanol–water partition coefficient (Wildman–Crippen LogP) is 1.16. The molecule has 2 N–H and O–H groups in total. The van der Waals surface area contributed by atoms with Crippen molar-refractivity contribution < 1.29 is 12.8 Å². The number of aromatic nitrogens is 2. The van der Waals surface area contributed by atoms with E-state index in [9.17, 15) is 17.6 Å². The Balaban J connectivity index is 1.76. The molecular formula is C16H19FN4O3S. The van der Waals surface area contributed by atoms with Crippen LogP contribution in [0.25, 0.3) is 0 Å². The van der Waals surface area contributed by atoms with Crippen LogP contribution < -0.4 is 15.2 Å². The topological polar surface area (TPSA) is 95.2 Å². The first-order valence-corrected chi connectivity index (χ1v) is 9.43. The van der Waals surface area contributed by atoms with Gasteiger partial charge in [0.1, 0.15) is 11.6 Å². The van der Waals surface area contributed by atoms with Crippen LogP contribution in [-0.2, 0) is 10.0 Å². The summed E-state index contributed by atoms with van der Waals surface area (Å²) in [6, 6.07) is 6.37. The molecule has 0 saturated carbocycles. The number of piperidine rings is 1. The lowest BCUT2D eigenvalue weighted by molar-refractivity contribution is 0.462. The van der Waals surface area contributed by atoms with Crippen LogP contribution in [0.15, 0.2) is 40.0 Å². The van der Waals surface area contributed by atoms with Gasteiger partial charge in [-0.05, 0) is 43.5 Å². The summed E-state index contributed by atoms with van der Waals surface area (Å²) in [4.78, 5) is 13.0. The molecule has 1 saturated heterocycles. The van der Waals surface area contributed by atoms with E-state index < -0.39 is 15.8 Å². The number of H-pyrrole nitrogens is 1. The predicted molar refractivity (Wildman–Crippen MR) is 91.6 cm³/mol. The summed E-state index contributed by atoms with van der Waals surface area (Å²) in [6.07, 6.45) is 1.45. The number of nitrogens with one attached hydrogen (secondary N) is 2. The van der Waals surface area contributed by atoms with Crippen LogP contribution in [0.4, 0.5) is 10.2 Å². The summed E-state index contributed by atoms with van der Waals surface area (Å²) < 4.78 is 41.3. The van der Waals surface area contributed by atoms with Crippen LogP contribution in [0.1, 0.15) is 18.4 Å². The maximum absolute atomic E-state index is 13.4. The molecule has 2 aromatic rings. The Labute approximate surface area is 144 Å². The average Bonchev–Trinajstić information content (AvgIpc) is 2.57. The third-order valence-corrected chi connectivity index (χ3v) is 5.83. The van der Waals surface area contributed by atoms with Crippen molar-refractivity contribution in [3.05, 3.63) is 52.1 Å². The zero-order valence-electron chi connectivity index (χ0n) is 13.7. The summed E-state index contributed by atoms with van der Waals surface area (Å²) in [6.45, 7) is 2.77. The van der Waals surface area contributed by atoms with Crippen molar-refractivity contribution in [2.24, 2.45) is 0 Å². The van der Waals surface area contributed by atoms with Gasteiger partial charge in [-0.1, -0.05) is 6.07 Å². The highest BCUT2D eigenvalue weighted by Crippen LogP contribution is 2.20. The second-order valence-corrected chi connectivity index (χ2v) is 7.78. The van der Waals surface area contributed by atoms with Crippen LogP contribution >= 0.6 is 0 Å². The van der Waals surface area contributed by atoms with Gasteiger partial charge in [0.2, 0.25) is 10.0 Å². The van der Waals surface area contributed by atoms with Crippen molar-refractivity contribution >= 4 is 15.8 Å². The summed E-state index contributed by atoms with van der Waals surface area (Å²) in [5.74, 6) is -0.000815. The fourth-order valence-electron chi connectivity index (χ4n) is 2.94. The van der Waals surface area contributed by atoms with E-state index in [0.29, 0.717) is 24.3 Å². The molecule has 0 spiro atoms. The molecule has 0 amide bonds. The van der Waals surface area contributed by atoms with Gasteiger partial charge in [0.15, 0.2) is 0 Å². The number of sulfonamides is 1. The Kier molecular flexibility index (Phi) is 4.87. The zero-order chi connectivity index (χ0) is 18.0. The Bertz CT molecular complexity index is 909. The third-order valence-electron chi connectivity index (χ3n) is 4.17. The van der Waals surface area contributed by atoms with E-state index in [0.717, 1.165) is 19.0 Å². The lowest BCUT2D eigenvalue weighted by atomic mass is 10.1. The molecule has 25 heavy (non-hydrogen) atoms. The van der Waals surface area contributed by atoms with E-state index in [1.807, 2.05) is 4.90 Å². The van der Waals surface area contributed by atoms with E-state index in [-0.39, 0.29) is 16.5 Å². The largest absolute Gasteiger partial charge is 0.354 e. The van der Waals surface area contributed by atoms with E-state index >= 15 is 0 Å². The molecule has 1 unspecified atom stereocenters. The number of halogens is 1. The highest BCUT2D eigenvalue weighted by Gasteiger charge is 2.27. The molecule has 9 heteroatoms. The Morgan fingerprint density at radius 3 is 2.84 bits per heavy atom. The third kappa shape index (κ3) is 4.05.